The molecular weight excluding hydrogens is 278 g/mol. The summed E-state index contributed by atoms with van der Waals surface area (Å²) in [5, 5.41) is -0.120. The molecule has 0 amide bonds. The maximum atomic E-state index is 12.2. The average Bonchev–Trinajstić information content (AvgIpc) is 2.87. The minimum absolute atomic E-state index is 0.120. The first-order valence-electron chi connectivity index (χ1n) is 6.09. The summed E-state index contributed by atoms with van der Waals surface area (Å²) in [6, 6.07) is 7.98. The first-order chi connectivity index (χ1) is 9.44. The van der Waals surface area contributed by atoms with Crippen molar-refractivity contribution in [3.05, 3.63) is 42.2 Å². The third kappa shape index (κ3) is 2.97. The fourth-order valence-corrected chi connectivity index (χ4v) is 3.21. The highest BCUT2D eigenvalue weighted by Gasteiger charge is 2.23. The quantitative estimate of drug-likeness (QED) is 0.859. The number of sulfonamides is 1. The monoisotopic (exact) mass is 293 g/mol. The van der Waals surface area contributed by atoms with Gasteiger partial charge >= 0.3 is 0 Å². The van der Waals surface area contributed by atoms with Crippen molar-refractivity contribution >= 4 is 16.3 Å². The number of carbonyl (C=O) groups is 1. The zero-order valence-electron chi connectivity index (χ0n) is 11.2. The molecule has 0 aliphatic carbocycles. The Kier molecular flexibility index (Phi) is 4.06. The number of rotatable bonds is 5. The van der Waals surface area contributed by atoms with Gasteiger partial charge in [-0.2, -0.15) is 0 Å². The molecule has 0 atom stereocenters. The van der Waals surface area contributed by atoms with E-state index in [0.717, 1.165) is 6.29 Å². The molecule has 20 heavy (non-hydrogen) atoms. The minimum atomic E-state index is -3.70. The molecule has 0 saturated heterocycles. The van der Waals surface area contributed by atoms with Crippen LogP contribution in [0.2, 0.25) is 0 Å². The van der Waals surface area contributed by atoms with Crippen LogP contribution in [0.25, 0.3) is 11.1 Å². The van der Waals surface area contributed by atoms with E-state index in [4.69, 9.17) is 4.42 Å². The van der Waals surface area contributed by atoms with Crippen molar-refractivity contribution in [3.8, 4) is 11.1 Å². The molecule has 0 aliphatic rings. The molecule has 0 radical (unpaired) electrons. The van der Waals surface area contributed by atoms with Gasteiger partial charge in [-0.1, -0.05) is 24.3 Å². The van der Waals surface area contributed by atoms with Crippen molar-refractivity contribution in [2.45, 2.75) is 25.0 Å². The van der Waals surface area contributed by atoms with Crippen LogP contribution in [-0.2, 0) is 10.0 Å². The summed E-state index contributed by atoms with van der Waals surface area (Å²) >= 11 is 0. The Balaban J connectivity index is 2.44. The van der Waals surface area contributed by atoms with E-state index in [1.54, 1.807) is 44.2 Å². The van der Waals surface area contributed by atoms with Crippen LogP contribution in [-0.4, -0.2) is 20.7 Å². The Morgan fingerprint density at radius 3 is 2.35 bits per heavy atom. The lowest BCUT2D eigenvalue weighted by atomic mass is 10.1. The molecule has 1 heterocycles. The zero-order valence-corrected chi connectivity index (χ0v) is 12.0. The number of aldehydes is 1. The molecule has 1 aromatic carbocycles. The number of hydrogen-bond donors (Lipinski definition) is 1. The van der Waals surface area contributed by atoms with E-state index in [2.05, 4.69) is 4.72 Å². The summed E-state index contributed by atoms with van der Waals surface area (Å²) in [5.74, 6) is 0. The number of nitrogens with one attached hydrogen (secondary N) is 1. The molecule has 0 fully saturated rings. The molecule has 6 heteroatoms. The van der Waals surface area contributed by atoms with Crippen molar-refractivity contribution in [2.75, 3.05) is 0 Å². The summed E-state index contributed by atoms with van der Waals surface area (Å²) < 4.78 is 31.9. The van der Waals surface area contributed by atoms with Gasteiger partial charge in [0.2, 0.25) is 5.09 Å². The Bertz CT molecular complexity index is 699. The molecule has 1 N–H and O–H groups in total. The van der Waals surface area contributed by atoms with E-state index in [-0.39, 0.29) is 11.1 Å². The second-order valence-electron chi connectivity index (χ2n) is 4.64. The van der Waals surface area contributed by atoms with Gasteiger partial charge in [0.25, 0.3) is 10.0 Å². The second kappa shape index (κ2) is 5.60. The van der Waals surface area contributed by atoms with Crippen LogP contribution in [0.4, 0.5) is 0 Å². The van der Waals surface area contributed by atoms with Crippen LogP contribution in [0, 0.1) is 0 Å². The maximum Gasteiger partial charge on any atom is 0.274 e. The normalized spacial score (nSPS) is 11.8. The molecule has 106 valence electrons. The number of hydrogen-bond acceptors (Lipinski definition) is 4. The lowest BCUT2D eigenvalue weighted by Gasteiger charge is -2.09. The highest BCUT2D eigenvalue weighted by atomic mass is 32.2. The number of carbonyl (C=O) groups excluding carboxylic acids is 1. The molecule has 0 saturated carbocycles. The van der Waals surface area contributed by atoms with E-state index in [1.165, 1.54) is 6.26 Å². The fourth-order valence-electron chi connectivity index (χ4n) is 1.82. The van der Waals surface area contributed by atoms with Crippen molar-refractivity contribution in [1.82, 2.24) is 4.72 Å². The Hall–Kier alpha value is -1.92. The van der Waals surface area contributed by atoms with Gasteiger partial charge in [0.15, 0.2) is 0 Å². The van der Waals surface area contributed by atoms with E-state index < -0.39 is 10.0 Å². The largest absolute Gasteiger partial charge is 0.451 e. The van der Waals surface area contributed by atoms with Crippen LogP contribution in [0.3, 0.4) is 0 Å². The summed E-state index contributed by atoms with van der Waals surface area (Å²) in [5.41, 5.74) is 1.67. The van der Waals surface area contributed by atoms with Gasteiger partial charge in [-0.15, -0.1) is 0 Å². The van der Waals surface area contributed by atoms with Crippen molar-refractivity contribution in [2.24, 2.45) is 0 Å². The van der Waals surface area contributed by atoms with Gasteiger partial charge in [0, 0.05) is 17.2 Å². The summed E-state index contributed by atoms with van der Waals surface area (Å²) in [6.07, 6.45) is 2.06. The summed E-state index contributed by atoms with van der Waals surface area (Å²) in [4.78, 5) is 10.6. The van der Waals surface area contributed by atoms with Crippen LogP contribution in [0.1, 0.15) is 24.2 Å². The standard InChI is InChI=1S/C14H15NO4S/c1-10(2)15-20(17,18)14-13(7-8-19-14)12-5-3-11(9-16)4-6-12/h3-10,15H,1-2H3. The van der Waals surface area contributed by atoms with Gasteiger partial charge in [0.1, 0.15) is 6.29 Å². The average molecular weight is 293 g/mol. The van der Waals surface area contributed by atoms with Gasteiger partial charge in [-0.05, 0) is 25.5 Å². The first kappa shape index (κ1) is 14.5. The van der Waals surface area contributed by atoms with Crippen molar-refractivity contribution in [1.29, 1.82) is 0 Å². The van der Waals surface area contributed by atoms with Crippen LogP contribution >= 0.6 is 0 Å². The highest BCUT2D eigenvalue weighted by molar-refractivity contribution is 7.89. The number of benzene rings is 1. The zero-order chi connectivity index (χ0) is 14.8. The predicted octanol–water partition coefficient (Wildman–Crippen LogP) is 2.45. The van der Waals surface area contributed by atoms with Gasteiger partial charge in [-0.25, -0.2) is 13.1 Å². The third-order valence-electron chi connectivity index (χ3n) is 2.62. The van der Waals surface area contributed by atoms with Crippen LogP contribution in [0.5, 0.6) is 0 Å². The van der Waals surface area contributed by atoms with E-state index in [9.17, 15) is 13.2 Å². The highest BCUT2D eigenvalue weighted by Crippen LogP contribution is 2.28. The fraction of sp³-hybridized carbons (Fsp3) is 0.214. The topological polar surface area (TPSA) is 76.4 Å². The van der Waals surface area contributed by atoms with E-state index >= 15 is 0 Å². The molecule has 0 spiro atoms. The molecule has 2 aromatic rings. The van der Waals surface area contributed by atoms with E-state index in [1.807, 2.05) is 0 Å². The third-order valence-corrected chi connectivity index (χ3v) is 4.21. The molecule has 1 aromatic heterocycles. The predicted molar refractivity (Wildman–Crippen MR) is 75.0 cm³/mol. The lowest BCUT2D eigenvalue weighted by Crippen LogP contribution is -2.30. The lowest BCUT2D eigenvalue weighted by molar-refractivity contribution is 0.112. The molecule has 5 nitrogen and oxygen atoms in total. The van der Waals surface area contributed by atoms with Crippen molar-refractivity contribution < 1.29 is 17.6 Å². The van der Waals surface area contributed by atoms with Gasteiger partial charge < -0.3 is 4.42 Å². The maximum absolute atomic E-state index is 12.2. The Labute approximate surface area is 117 Å². The van der Waals surface area contributed by atoms with Gasteiger partial charge in [-0.3, -0.25) is 4.79 Å². The minimum Gasteiger partial charge on any atom is -0.451 e. The Morgan fingerprint density at radius 2 is 1.80 bits per heavy atom. The molecular formula is C14H15NO4S. The first-order valence-corrected chi connectivity index (χ1v) is 7.58. The molecule has 2 rings (SSSR count). The smallest absolute Gasteiger partial charge is 0.274 e. The summed E-state index contributed by atoms with van der Waals surface area (Å²) in [7, 11) is -3.70. The second-order valence-corrected chi connectivity index (χ2v) is 6.25. The van der Waals surface area contributed by atoms with Crippen molar-refractivity contribution in [3.63, 3.8) is 0 Å². The SMILES string of the molecule is CC(C)NS(=O)(=O)c1occc1-c1ccc(C=O)cc1. The summed E-state index contributed by atoms with van der Waals surface area (Å²) in [6.45, 7) is 3.47. The molecule has 0 bridgehead atoms. The molecule has 0 aliphatic heterocycles. The van der Waals surface area contributed by atoms with Crippen LogP contribution < -0.4 is 4.72 Å². The van der Waals surface area contributed by atoms with Gasteiger partial charge in [0.05, 0.1) is 6.26 Å². The van der Waals surface area contributed by atoms with E-state index in [0.29, 0.717) is 16.7 Å². The van der Waals surface area contributed by atoms with Crippen LogP contribution in [0.15, 0.2) is 46.1 Å². The number of furan rings is 1. The molecule has 0 unspecified atom stereocenters. The Morgan fingerprint density at radius 1 is 1.15 bits per heavy atom.